The second-order valence-electron chi connectivity index (χ2n) is 8.23. The molecule has 2 nitrogen and oxygen atoms in total. The van der Waals surface area contributed by atoms with Gasteiger partial charge in [-0.1, -0.05) is 73.7 Å². The zero-order valence-electron chi connectivity index (χ0n) is 18.7. The third-order valence-corrected chi connectivity index (χ3v) is 5.38. The minimum absolute atomic E-state index is 0.139. The number of hydrogen-bond donors (Lipinski definition) is 1. The van der Waals surface area contributed by atoms with E-state index in [2.05, 4.69) is 68.3 Å². The molecule has 0 aromatic heterocycles. The van der Waals surface area contributed by atoms with Crippen molar-refractivity contribution in [3.63, 3.8) is 0 Å². The van der Waals surface area contributed by atoms with Gasteiger partial charge in [-0.05, 0) is 66.3 Å². The first-order valence-corrected chi connectivity index (χ1v) is 11.1. The second kappa shape index (κ2) is 10.9. The Morgan fingerprint density at radius 2 is 1.71 bits per heavy atom. The van der Waals surface area contributed by atoms with Gasteiger partial charge < -0.3 is 10.1 Å². The number of rotatable bonds is 7. The number of nitrogens with one attached hydrogen (secondary N) is 1. The molecule has 0 aliphatic rings. The molecule has 0 unspecified atom stereocenters. The van der Waals surface area contributed by atoms with Gasteiger partial charge in [0.15, 0.2) is 0 Å². The number of ether oxygens (including phenoxy) is 1. The molecule has 3 rings (SSSR count). The Kier molecular flexibility index (Phi) is 8.04. The van der Waals surface area contributed by atoms with Crippen LogP contribution in [0.3, 0.4) is 0 Å². The van der Waals surface area contributed by atoms with Gasteiger partial charge in [-0.3, -0.25) is 0 Å². The molecule has 3 aromatic carbocycles. The summed E-state index contributed by atoms with van der Waals surface area (Å²) in [5.74, 6) is 8.36. The van der Waals surface area contributed by atoms with E-state index in [1.54, 1.807) is 7.11 Å². The molecule has 0 radical (unpaired) electrons. The first kappa shape index (κ1) is 22.8. The van der Waals surface area contributed by atoms with E-state index in [1.165, 1.54) is 11.1 Å². The van der Waals surface area contributed by atoms with Crippen LogP contribution >= 0.6 is 11.6 Å². The molecule has 0 aliphatic heterocycles. The molecule has 0 heterocycles. The van der Waals surface area contributed by atoms with E-state index >= 15 is 0 Å². The molecule has 0 saturated heterocycles. The van der Waals surface area contributed by atoms with Crippen LogP contribution in [0.4, 0.5) is 5.69 Å². The lowest BCUT2D eigenvalue weighted by molar-refractivity contribution is 0.414. The monoisotopic (exact) mass is 431 g/mol. The van der Waals surface area contributed by atoms with Crippen molar-refractivity contribution >= 4 is 17.3 Å². The van der Waals surface area contributed by atoms with Gasteiger partial charge in [0, 0.05) is 17.5 Å². The Morgan fingerprint density at radius 3 is 2.39 bits per heavy atom. The largest absolute Gasteiger partial charge is 0.497 e. The summed E-state index contributed by atoms with van der Waals surface area (Å²) >= 11 is 6.11. The van der Waals surface area contributed by atoms with Gasteiger partial charge >= 0.3 is 0 Å². The molecule has 160 valence electrons. The lowest BCUT2D eigenvalue weighted by Crippen LogP contribution is -2.02. The third-order valence-electron chi connectivity index (χ3n) is 5.15. The van der Waals surface area contributed by atoms with Gasteiger partial charge in [-0.25, -0.2) is 0 Å². The Morgan fingerprint density at radius 1 is 0.935 bits per heavy atom. The Hall–Kier alpha value is -2.89. The molecule has 0 aliphatic carbocycles. The summed E-state index contributed by atoms with van der Waals surface area (Å²) in [7, 11) is 1.67. The molecular weight excluding hydrogens is 402 g/mol. The molecule has 3 aromatic rings. The highest BCUT2D eigenvalue weighted by atomic mass is 35.5. The van der Waals surface area contributed by atoms with Gasteiger partial charge in [-0.2, -0.15) is 0 Å². The van der Waals surface area contributed by atoms with Crippen LogP contribution in [0, 0.1) is 17.8 Å². The first-order chi connectivity index (χ1) is 14.9. The Bertz CT molecular complexity index is 1060. The van der Waals surface area contributed by atoms with Crippen LogP contribution in [0.2, 0.25) is 5.02 Å². The topological polar surface area (TPSA) is 21.3 Å². The minimum Gasteiger partial charge on any atom is -0.497 e. The number of anilines is 1. The molecule has 0 saturated carbocycles. The highest BCUT2D eigenvalue weighted by Gasteiger charge is 2.06. The van der Waals surface area contributed by atoms with Crippen molar-refractivity contribution in [1.29, 1.82) is 0 Å². The fourth-order valence-electron chi connectivity index (χ4n) is 3.44. The van der Waals surface area contributed by atoms with E-state index in [9.17, 15) is 0 Å². The smallest absolute Gasteiger partial charge is 0.120 e. The lowest BCUT2D eigenvalue weighted by atomic mass is 9.97. The molecule has 0 fully saturated rings. The van der Waals surface area contributed by atoms with Crippen LogP contribution in [0.25, 0.3) is 0 Å². The van der Waals surface area contributed by atoms with Crippen LogP contribution in [0.5, 0.6) is 5.75 Å². The molecule has 1 atom stereocenters. The molecule has 1 N–H and O–H groups in total. The zero-order chi connectivity index (χ0) is 22.2. The summed E-state index contributed by atoms with van der Waals surface area (Å²) in [6, 6.07) is 22.6. The van der Waals surface area contributed by atoms with E-state index in [4.69, 9.17) is 16.3 Å². The molecule has 0 spiro atoms. The van der Waals surface area contributed by atoms with Gasteiger partial charge in [0.1, 0.15) is 5.75 Å². The fourth-order valence-corrected chi connectivity index (χ4v) is 3.65. The van der Waals surface area contributed by atoms with Gasteiger partial charge in [0.25, 0.3) is 0 Å². The number of halogens is 1. The highest BCUT2D eigenvalue weighted by Crippen LogP contribution is 2.23. The molecule has 3 heteroatoms. The van der Waals surface area contributed by atoms with Gasteiger partial charge in [0.05, 0.1) is 18.4 Å². The second-order valence-corrected chi connectivity index (χ2v) is 8.66. The van der Waals surface area contributed by atoms with Crippen molar-refractivity contribution in [1.82, 2.24) is 0 Å². The quantitative estimate of drug-likeness (QED) is 0.396. The number of benzene rings is 3. The van der Waals surface area contributed by atoms with E-state index in [0.717, 1.165) is 34.0 Å². The molecule has 0 bridgehead atoms. The molecule has 31 heavy (non-hydrogen) atoms. The standard InChI is InChI=1S/C28H30ClNO/c1-20(2)16-22-9-12-24(13-10-22)21(3)8-11-25-18-27(31-4)14-15-28(25)30-19-23-6-5-7-26(29)17-23/h5-7,9-10,12-15,17-18,20-21,30H,16,19H2,1-4H3/t21-/m0/s1. The van der Waals surface area contributed by atoms with Crippen LogP contribution in [-0.2, 0) is 13.0 Å². The van der Waals surface area contributed by atoms with Crippen molar-refractivity contribution < 1.29 is 4.74 Å². The zero-order valence-corrected chi connectivity index (χ0v) is 19.5. The number of methoxy groups -OCH3 is 1. The predicted molar refractivity (Wildman–Crippen MR) is 132 cm³/mol. The van der Waals surface area contributed by atoms with Crippen molar-refractivity contribution in [2.75, 3.05) is 12.4 Å². The minimum atomic E-state index is 0.139. The van der Waals surface area contributed by atoms with Gasteiger partial charge in [0.2, 0.25) is 0 Å². The number of hydrogen-bond acceptors (Lipinski definition) is 2. The Balaban J connectivity index is 1.77. The van der Waals surface area contributed by atoms with Crippen molar-refractivity contribution in [2.45, 2.75) is 39.7 Å². The van der Waals surface area contributed by atoms with Crippen LogP contribution in [0.15, 0.2) is 66.7 Å². The average Bonchev–Trinajstić information content (AvgIpc) is 2.76. The lowest BCUT2D eigenvalue weighted by Gasteiger charge is -2.11. The summed E-state index contributed by atoms with van der Waals surface area (Å²) in [4.78, 5) is 0. The van der Waals surface area contributed by atoms with E-state index in [1.807, 2.05) is 36.4 Å². The fraction of sp³-hybridized carbons (Fsp3) is 0.286. The van der Waals surface area contributed by atoms with Gasteiger partial charge in [-0.15, -0.1) is 0 Å². The van der Waals surface area contributed by atoms with E-state index in [-0.39, 0.29) is 5.92 Å². The summed E-state index contributed by atoms with van der Waals surface area (Å²) in [5, 5.41) is 4.22. The highest BCUT2D eigenvalue weighted by molar-refractivity contribution is 6.30. The average molecular weight is 432 g/mol. The summed E-state index contributed by atoms with van der Waals surface area (Å²) in [6.45, 7) is 7.31. The molecular formula is C28H30ClNO. The van der Waals surface area contributed by atoms with Crippen LogP contribution < -0.4 is 10.1 Å². The van der Waals surface area contributed by atoms with Crippen molar-refractivity contribution in [3.05, 3.63) is 94.0 Å². The summed E-state index contributed by atoms with van der Waals surface area (Å²) in [6.07, 6.45) is 1.10. The summed E-state index contributed by atoms with van der Waals surface area (Å²) < 4.78 is 5.41. The van der Waals surface area contributed by atoms with E-state index in [0.29, 0.717) is 12.5 Å². The van der Waals surface area contributed by atoms with Crippen molar-refractivity contribution in [2.24, 2.45) is 5.92 Å². The predicted octanol–water partition coefficient (Wildman–Crippen LogP) is 7.31. The van der Waals surface area contributed by atoms with Crippen LogP contribution in [-0.4, -0.2) is 7.11 Å². The summed E-state index contributed by atoms with van der Waals surface area (Å²) in [5.41, 5.74) is 5.63. The first-order valence-electron chi connectivity index (χ1n) is 10.7. The van der Waals surface area contributed by atoms with Crippen LogP contribution in [0.1, 0.15) is 48.9 Å². The SMILES string of the molecule is COc1ccc(NCc2cccc(Cl)c2)c(C#C[C@H](C)c2ccc(CC(C)C)cc2)c1. The van der Waals surface area contributed by atoms with Crippen molar-refractivity contribution in [3.8, 4) is 17.6 Å². The molecule has 0 amide bonds. The maximum Gasteiger partial charge on any atom is 0.120 e. The normalized spacial score (nSPS) is 11.5. The Labute approximate surface area is 191 Å². The maximum atomic E-state index is 6.11. The van der Waals surface area contributed by atoms with E-state index < -0.39 is 0 Å². The third kappa shape index (κ3) is 6.81. The maximum absolute atomic E-state index is 6.11.